The number of benzene rings is 1. The lowest BCUT2D eigenvalue weighted by atomic mass is 10.2. The van der Waals surface area contributed by atoms with Gasteiger partial charge in [-0.2, -0.15) is 0 Å². The molecule has 0 atom stereocenters. The Balaban J connectivity index is 2.06. The third kappa shape index (κ3) is 5.26. The second-order valence-electron chi connectivity index (χ2n) is 5.35. The molecule has 24 heavy (non-hydrogen) atoms. The summed E-state index contributed by atoms with van der Waals surface area (Å²) in [4.78, 5) is 16.1. The fraction of sp³-hybridized carbons (Fsp3) is 0.368. The van der Waals surface area contributed by atoms with Gasteiger partial charge in [0.15, 0.2) is 11.5 Å². The molecule has 0 bridgehead atoms. The van der Waals surface area contributed by atoms with Crippen molar-refractivity contribution in [2.75, 3.05) is 13.2 Å². The van der Waals surface area contributed by atoms with Crippen LogP contribution in [0.25, 0.3) is 0 Å². The Bertz CT molecular complexity index is 644. The SMILES string of the molecule is CCCCNC(=O)c1ccc(OCc2ccncc2)c(OCC)c1. The van der Waals surface area contributed by atoms with E-state index in [2.05, 4.69) is 17.2 Å². The molecule has 128 valence electrons. The van der Waals surface area contributed by atoms with Gasteiger partial charge in [-0.25, -0.2) is 0 Å². The van der Waals surface area contributed by atoms with Crippen molar-refractivity contribution in [3.05, 3.63) is 53.9 Å². The number of ether oxygens (including phenoxy) is 2. The molecule has 0 saturated heterocycles. The first-order valence-corrected chi connectivity index (χ1v) is 8.31. The maximum absolute atomic E-state index is 12.2. The minimum Gasteiger partial charge on any atom is -0.490 e. The van der Waals surface area contributed by atoms with Crippen LogP contribution in [0.1, 0.15) is 42.6 Å². The van der Waals surface area contributed by atoms with Crippen molar-refractivity contribution >= 4 is 5.91 Å². The summed E-state index contributed by atoms with van der Waals surface area (Å²) >= 11 is 0. The molecule has 0 fully saturated rings. The molecule has 0 saturated carbocycles. The van der Waals surface area contributed by atoms with Crippen LogP contribution in [0.15, 0.2) is 42.7 Å². The molecule has 1 aromatic heterocycles. The monoisotopic (exact) mass is 328 g/mol. The van der Waals surface area contributed by atoms with Crippen LogP contribution in [0, 0.1) is 0 Å². The Morgan fingerprint density at radius 2 is 1.88 bits per heavy atom. The molecule has 1 amide bonds. The minimum atomic E-state index is -0.0925. The van der Waals surface area contributed by atoms with Gasteiger partial charge in [0.05, 0.1) is 6.61 Å². The summed E-state index contributed by atoms with van der Waals surface area (Å²) in [6.07, 6.45) is 5.47. The molecule has 1 heterocycles. The lowest BCUT2D eigenvalue weighted by molar-refractivity contribution is 0.0952. The van der Waals surface area contributed by atoms with Crippen LogP contribution in [0.3, 0.4) is 0 Å². The van der Waals surface area contributed by atoms with E-state index < -0.39 is 0 Å². The second kappa shape index (κ2) is 9.55. The van der Waals surface area contributed by atoms with Crippen molar-refractivity contribution < 1.29 is 14.3 Å². The fourth-order valence-corrected chi connectivity index (χ4v) is 2.16. The number of aromatic nitrogens is 1. The molecule has 1 aromatic carbocycles. The number of nitrogens with zero attached hydrogens (tertiary/aromatic N) is 1. The van der Waals surface area contributed by atoms with E-state index in [9.17, 15) is 4.79 Å². The average Bonchev–Trinajstić information content (AvgIpc) is 2.62. The molecular formula is C19H24N2O3. The highest BCUT2D eigenvalue weighted by Crippen LogP contribution is 2.29. The zero-order valence-corrected chi connectivity index (χ0v) is 14.2. The lowest BCUT2D eigenvalue weighted by Gasteiger charge is -2.13. The Morgan fingerprint density at radius 1 is 1.08 bits per heavy atom. The Labute approximate surface area is 143 Å². The van der Waals surface area contributed by atoms with Crippen LogP contribution in [0.4, 0.5) is 0 Å². The minimum absolute atomic E-state index is 0.0925. The number of amides is 1. The highest BCUT2D eigenvalue weighted by molar-refractivity contribution is 5.94. The average molecular weight is 328 g/mol. The first kappa shape index (κ1) is 17.8. The van der Waals surface area contributed by atoms with Gasteiger partial charge < -0.3 is 14.8 Å². The fourth-order valence-electron chi connectivity index (χ4n) is 2.16. The third-order valence-corrected chi connectivity index (χ3v) is 3.47. The van der Waals surface area contributed by atoms with Crippen LogP contribution in [-0.2, 0) is 6.61 Å². The lowest BCUT2D eigenvalue weighted by Crippen LogP contribution is -2.24. The Kier molecular flexibility index (Phi) is 7.08. The van der Waals surface area contributed by atoms with E-state index in [1.807, 2.05) is 19.1 Å². The van der Waals surface area contributed by atoms with Gasteiger partial charge in [-0.15, -0.1) is 0 Å². The summed E-state index contributed by atoms with van der Waals surface area (Å²) in [5.41, 5.74) is 1.60. The number of hydrogen-bond donors (Lipinski definition) is 1. The molecule has 0 aliphatic rings. The maximum atomic E-state index is 12.2. The van der Waals surface area contributed by atoms with E-state index in [-0.39, 0.29) is 5.91 Å². The van der Waals surface area contributed by atoms with E-state index in [1.54, 1.807) is 30.6 Å². The van der Waals surface area contributed by atoms with Gasteiger partial charge in [0.1, 0.15) is 6.61 Å². The van der Waals surface area contributed by atoms with E-state index in [4.69, 9.17) is 9.47 Å². The smallest absolute Gasteiger partial charge is 0.251 e. The second-order valence-corrected chi connectivity index (χ2v) is 5.35. The third-order valence-electron chi connectivity index (χ3n) is 3.47. The van der Waals surface area contributed by atoms with E-state index in [1.165, 1.54) is 0 Å². The van der Waals surface area contributed by atoms with E-state index in [0.717, 1.165) is 18.4 Å². The number of carbonyl (C=O) groups excluding carboxylic acids is 1. The summed E-state index contributed by atoms with van der Waals surface area (Å²) in [7, 11) is 0. The van der Waals surface area contributed by atoms with Crippen molar-refractivity contribution in [1.29, 1.82) is 0 Å². The molecule has 0 aliphatic carbocycles. The number of rotatable bonds is 9. The quantitative estimate of drug-likeness (QED) is 0.715. The summed E-state index contributed by atoms with van der Waals surface area (Å²) in [5.74, 6) is 1.11. The normalized spacial score (nSPS) is 10.2. The number of carbonyl (C=O) groups is 1. The topological polar surface area (TPSA) is 60.5 Å². The molecule has 0 spiro atoms. The highest BCUT2D eigenvalue weighted by Gasteiger charge is 2.11. The molecule has 0 radical (unpaired) electrons. The zero-order valence-electron chi connectivity index (χ0n) is 14.2. The molecule has 2 aromatic rings. The first-order valence-electron chi connectivity index (χ1n) is 8.31. The van der Waals surface area contributed by atoms with Gasteiger partial charge in [0.2, 0.25) is 0 Å². The predicted molar refractivity (Wildman–Crippen MR) is 93.4 cm³/mol. The number of hydrogen-bond acceptors (Lipinski definition) is 4. The summed E-state index contributed by atoms with van der Waals surface area (Å²) in [5, 5.41) is 2.90. The van der Waals surface area contributed by atoms with Crippen LogP contribution in [-0.4, -0.2) is 24.0 Å². The van der Waals surface area contributed by atoms with Crippen LogP contribution in [0.5, 0.6) is 11.5 Å². The first-order chi connectivity index (χ1) is 11.7. The summed E-state index contributed by atoms with van der Waals surface area (Å²) in [6.45, 7) is 5.60. The van der Waals surface area contributed by atoms with Crippen LogP contribution < -0.4 is 14.8 Å². The summed E-state index contributed by atoms with van der Waals surface area (Å²) in [6, 6.07) is 9.06. The van der Waals surface area contributed by atoms with Crippen LogP contribution >= 0.6 is 0 Å². The van der Waals surface area contributed by atoms with Gasteiger partial charge in [0.25, 0.3) is 5.91 Å². The number of unbranched alkanes of at least 4 members (excludes halogenated alkanes) is 1. The van der Waals surface area contributed by atoms with Crippen molar-refractivity contribution in [3.63, 3.8) is 0 Å². The van der Waals surface area contributed by atoms with E-state index in [0.29, 0.717) is 36.8 Å². The van der Waals surface area contributed by atoms with Crippen molar-refractivity contribution in [3.8, 4) is 11.5 Å². The van der Waals surface area contributed by atoms with Gasteiger partial charge in [-0.3, -0.25) is 9.78 Å². The zero-order chi connectivity index (χ0) is 17.2. The van der Waals surface area contributed by atoms with Gasteiger partial charge in [-0.05, 0) is 49.2 Å². The Hall–Kier alpha value is -2.56. The molecule has 0 aliphatic heterocycles. The number of pyridine rings is 1. The van der Waals surface area contributed by atoms with Crippen molar-refractivity contribution in [1.82, 2.24) is 10.3 Å². The number of nitrogens with one attached hydrogen (secondary N) is 1. The van der Waals surface area contributed by atoms with Crippen molar-refractivity contribution in [2.45, 2.75) is 33.3 Å². The molecular weight excluding hydrogens is 304 g/mol. The molecule has 2 rings (SSSR count). The van der Waals surface area contributed by atoms with Gasteiger partial charge in [0, 0.05) is 24.5 Å². The standard InChI is InChI=1S/C19H24N2O3/c1-3-5-10-21-19(22)16-6-7-17(18(13-16)23-4-2)24-14-15-8-11-20-12-9-15/h6-9,11-13H,3-5,10,14H2,1-2H3,(H,21,22). The predicted octanol–water partition coefficient (Wildman–Crippen LogP) is 3.59. The van der Waals surface area contributed by atoms with Crippen molar-refractivity contribution in [2.24, 2.45) is 0 Å². The maximum Gasteiger partial charge on any atom is 0.251 e. The molecule has 5 nitrogen and oxygen atoms in total. The summed E-state index contributed by atoms with van der Waals surface area (Å²) < 4.78 is 11.4. The highest BCUT2D eigenvalue weighted by atomic mass is 16.5. The molecule has 5 heteroatoms. The largest absolute Gasteiger partial charge is 0.490 e. The molecule has 0 unspecified atom stereocenters. The van der Waals surface area contributed by atoms with Gasteiger partial charge in [-0.1, -0.05) is 13.3 Å². The molecule has 1 N–H and O–H groups in total. The van der Waals surface area contributed by atoms with Crippen LogP contribution in [0.2, 0.25) is 0 Å². The van der Waals surface area contributed by atoms with Gasteiger partial charge >= 0.3 is 0 Å². The van der Waals surface area contributed by atoms with E-state index >= 15 is 0 Å². The Morgan fingerprint density at radius 3 is 2.58 bits per heavy atom.